The number of esters is 1. The fourth-order valence-corrected chi connectivity index (χ4v) is 2.78. The Morgan fingerprint density at radius 1 is 0.889 bits per heavy atom. The van der Waals surface area contributed by atoms with Gasteiger partial charge in [0.2, 0.25) is 4.84 Å². The molecule has 1 aromatic carbocycles. The molecule has 0 fully saturated rings. The van der Waals surface area contributed by atoms with E-state index in [0.29, 0.717) is 32.3 Å². The van der Waals surface area contributed by atoms with E-state index in [2.05, 4.69) is 0 Å². The molecular weight excluding hydrogens is 522 g/mol. The van der Waals surface area contributed by atoms with Gasteiger partial charge in [0.05, 0.1) is 0 Å². The molecule has 0 aliphatic rings. The molecule has 0 aromatic heterocycles. The van der Waals surface area contributed by atoms with Crippen molar-refractivity contribution in [3.63, 3.8) is 0 Å². The van der Waals surface area contributed by atoms with Crippen molar-refractivity contribution in [2.24, 2.45) is 11.8 Å². The average Bonchev–Trinajstić information content (AvgIpc) is 2.79. The number of Topliss-reactive ketones (excluding diaryl/α,β-unsaturated/α-hetero) is 2. The van der Waals surface area contributed by atoms with Crippen LogP contribution < -0.4 is 34.7 Å². The second kappa shape index (κ2) is 23.9. The van der Waals surface area contributed by atoms with Crippen molar-refractivity contribution < 1.29 is 68.5 Å². The van der Waals surface area contributed by atoms with Crippen LogP contribution in [0.3, 0.4) is 0 Å². The van der Waals surface area contributed by atoms with E-state index in [1.54, 1.807) is 6.92 Å². The maximum absolute atomic E-state index is 11.5. The van der Waals surface area contributed by atoms with Crippen molar-refractivity contribution in [1.29, 1.82) is 0 Å². The third-order valence-corrected chi connectivity index (χ3v) is 5.33. The zero-order valence-corrected chi connectivity index (χ0v) is 25.1. The maximum Gasteiger partial charge on any atom is 1.00 e. The quantitative estimate of drug-likeness (QED) is 0.217. The van der Waals surface area contributed by atoms with Crippen LogP contribution in [0.2, 0.25) is 0 Å². The van der Waals surface area contributed by atoms with Gasteiger partial charge in [-0.1, -0.05) is 67.4 Å². The van der Waals surface area contributed by atoms with E-state index in [0.717, 1.165) is 12.0 Å². The number of carboxylic acids is 2. The number of aliphatic carboxylic acids is 2. The molecule has 1 rings (SSSR count). The molecule has 8 nitrogen and oxygen atoms in total. The predicted octanol–water partition coefficient (Wildman–Crippen LogP) is 1.14. The Morgan fingerprint density at radius 2 is 1.31 bits per heavy atom. The first-order chi connectivity index (χ1) is 16.3. The summed E-state index contributed by atoms with van der Waals surface area (Å²) in [5.74, 6) is -2.44. The summed E-state index contributed by atoms with van der Waals surface area (Å²) in [4.78, 5) is 51.7. The average molecular weight is 557 g/mol. The van der Waals surface area contributed by atoms with Gasteiger partial charge in [-0.3, -0.25) is 14.4 Å². The minimum atomic E-state index is -1.29. The Hall–Kier alpha value is -1.45. The molecule has 0 bridgehead atoms. The summed E-state index contributed by atoms with van der Waals surface area (Å²) < 4.78 is 5.15. The van der Waals surface area contributed by atoms with Crippen LogP contribution in [0.1, 0.15) is 71.8 Å². The number of halogens is 2. The molecule has 2 unspecified atom stereocenters. The largest absolute Gasteiger partial charge is 1.00 e. The molecule has 1 N–H and O–H groups in total. The van der Waals surface area contributed by atoms with Gasteiger partial charge >= 0.3 is 41.5 Å². The molecule has 36 heavy (non-hydrogen) atoms. The van der Waals surface area contributed by atoms with Gasteiger partial charge in [-0.25, -0.2) is 4.79 Å². The standard InChI is InChI=1S/C15H20O3.C8H14O3.C2H2Cl2O2.Na/c1-3-14(12(2)16)9-10-15(17)18-11-13-7-5-4-6-8-13;1-3-7(6(2)9)4-5-8(10)11;3-1(4)2(5)6;/h4-8,14H,3,9-11H2,1-2H3;7H,3-5H2,1-2H3,(H,10,11);1H,(H,5,6);/q;;;+1/p-1. The van der Waals surface area contributed by atoms with Gasteiger partial charge in [-0.15, -0.1) is 0 Å². The fourth-order valence-electron chi connectivity index (χ4n) is 2.78. The van der Waals surface area contributed by atoms with E-state index < -0.39 is 16.8 Å². The number of ether oxygens (including phenoxy) is 1. The summed E-state index contributed by atoms with van der Waals surface area (Å²) in [6.45, 7) is 7.20. The van der Waals surface area contributed by atoms with Crippen LogP contribution >= 0.6 is 23.2 Å². The summed E-state index contributed by atoms with van der Waals surface area (Å²) in [6, 6.07) is 9.57. The van der Waals surface area contributed by atoms with Crippen LogP contribution in [0.5, 0.6) is 0 Å². The first kappa shape index (κ1) is 39.1. The van der Waals surface area contributed by atoms with E-state index in [1.165, 1.54) is 6.92 Å². The first-order valence-electron chi connectivity index (χ1n) is 11.3. The molecule has 198 valence electrons. The fraction of sp³-hybridized carbons (Fsp3) is 0.560. The van der Waals surface area contributed by atoms with Gasteiger partial charge in [-0.05, 0) is 51.5 Å². The molecule has 0 radical (unpaired) electrons. The van der Waals surface area contributed by atoms with E-state index >= 15 is 0 Å². The third-order valence-electron chi connectivity index (χ3n) is 4.96. The van der Waals surface area contributed by atoms with Crippen molar-refractivity contribution in [3.8, 4) is 0 Å². The zero-order chi connectivity index (χ0) is 27.4. The summed E-state index contributed by atoms with van der Waals surface area (Å²) >= 11 is 9.56. The number of alkyl halides is 2. The second-order valence-corrected chi connectivity index (χ2v) is 8.76. The number of carbonyl (C=O) groups excluding carboxylic acids is 4. The van der Waals surface area contributed by atoms with Crippen molar-refractivity contribution in [3.05, 3.63) is 35.9 Å². The molecule has 1 aromatic rings. The number of rotatable bonds is 13. The van der Waals surface area contributed by atoms with Crippen molar-refractivity contribution >= 4 is 52.7 Å². The Morgan fingerprint density at radius 3 is 1.64 bits per heavy atom. The molecule has 0 spiro atoms. The molecule has 0 aliphatic carbocycles. The summed E-state index contributed by atoms with van der Waals surface area (Å²) in [7, 11) is 0. The van der Waals surface area contributed by atoms with Gasteiger partial charge in [0.1, 0.15) is 18.2 Å². The molecule has 0 saturated heterocycles. The minimum absolute atomic E-state index is 0. The SMILES string of the molecule is CCC(CCC(=O)OCc1ccccc1)C(C)=O.CCC(CCC(=O)[O-])C(C)=O.O=C(O)C(Cl)Cl.[Na+]. The van der Waals surface area contributed by atoms with Crippen molar-refractivity contribution in [2.75, 3.05) is 0 Å². The van der Waals surface area contributed by atoms with Crippen molar-refractivity contribution in [2.45, 2.75) is 77.7 Å². The molecule has 0 saturated carbocycles. The van der Waals surface area contributed by atoms with E-state index in [1.807, 2.05) is 44.2 Å². The zero-order valence-electron chi connectivity index (χ0n) is 21.6. The molecule has 0 amide bonds. The normalized spacial score (nSPS) is 11.3. The van der Waals surface area contributed by atoms with E-state index in [9.17, 15) is 29.1 Å². The Bertz CT molecular complexity index is 788. The van der Waals surface area contributed by atoms with E-state index in [-0.39, 0.29) is 65.3 Å². The van der Waals surface area contributed by atoms with Crippen LogP contribution in [-0.2, 0) is 35.3 Å². The molecular formula is C25H35Cl2NaO8. The van der Waals surface area contributed by atoms with Crippen LogP contribution in [0.25, 0.3) is 0 Å². The number of carboxylic acid groups (broad SMARTS) is 2. The van der Waals surface area contributed by atoms with Gasteiger partial charge in [0.15, 0.2) is 0 Å². The smallest absolute Gasteiger partial charge is 0.550 e. The molecule has 0 heterocycles. The summed E-state index contributed by atoms with van der Waals surface area (Å²) in [5, 5.41) is 17.7. The van der Waals surface area contributed by atoms with Crippen LogP contribution in [0, 0.1) is 11.8 Å². The van der Waals surface area contributed by atoms with E-state index in [4.69, 9.17) is 33.0 Å². The molecule has 0 aliphatic heterocycles. The Balaban J connectivity index is -0.000000517. The number of benzene rings is 1. The number of carbonyl (C=O) groups is 5. The monoisotopic (exact) mass is 556 g/mol. The third kappa shape index (κ3) is 23.0. The summed E-state index contributed by atoms with van der Waals surface area (Å²) in [5.41, 5.74) is 0.976. The van der Waals surface area contributed by atoms with Gasteiger partial charge in [0.25, 0.3) is 0 Å². The van der Waals surface area contributed by atoms with Crippen LogP contribution in [-0.4, -0.2) is 39.4 Å². The van der Waals surface area contributed by atoms with Gasteiger partial charge in [0, 0.05) is 24.2 Å². The topological polar surface area (TPSA) is 138 Å². The minimum Gasteiger partial charge on any atom is -0.550 e. The van der Waals surface area contributed by atoms with Crippen LogP contribution in [0.4, 0.5) is 0 Å². The Kier molecular flexibility index (Phi) is 26.0. The maximum atomic E-state index is 11.5. The predicted molar refractivity (Wildman–Crippen MR) is 132 cm³/mol. The Labute approximate surface area is 245 Å². The van der Waals surface area contributed by atoms with Gasteiger partial charge in [-0.2, -0.15) is 0 Å². The summed E-state index contributed by atoms with van der Waals surface area (Å²) in [6.07, 6.45) is 2.78. The first-order valence-corrected chi connectivity index (χ1v) is 12.1. The number of hydrogen-bond donors (Lipinski definition) is 1. The second-order valence-electron chi connectivity index (χ2n) is 7.67. The molecule has 11 heteroatoms. The number of hydrogen-bond acceptors (Lipinski definition) is 7. The number of ketones is 2. The van der Waals surface area contributed by atoms with Gasteiger partial charge < -0.3 is 19.7 Å². The van der Waals surface area contributed by atoms with Crippen LogP contribution in [0.15, 0.2) is 30.3 Å². The molecule has 2 atom stereocenters. The van der Waals surface area contributed by atoms with Crippen molar-refractivity contribution in [1.82, 2.24) is 0 Å².